The summed E-state index contributed by atoms with van der Waals surface area (Å²) in [5.74, 6) is 0.878. The van der Waals surface area contributed by atoms with Gasteiger partial charge in [0.15, 0.2) is 0 Å². The molecule has 7 aromatic rings. The predicted molar refractivity (Wildman–Crippen MR) is 187 cm³/mol. The lowest BCUT2D eigenvalue weighted by Crippen LogP contribution is -2.31. The Balaban J connectivity index is 1.26. The number of allylic oxidation sites excluding steroid dienone is 1. The summed E-state index contributed by atoms with van der Waals surface area (Å²) in [6.45, 7) is 0. The molecule has 2 aliphatic rings. The first kappa shape index (κ1) is 25.3. The molecule has 9 rings (SSSR count). The number of thiophene rings is 1. The Hall–Kier alpha value is -5.19. The van der Waals surface area contributed by atoms with Crippen molar-refractivity contribution in [2.45, 2.75) is 18.9 Å². The molecule has 3 heterocycles. The molecule has 0 saturated heterocycles. The fraction of sp³-hybridized carbons (Fsp3) is 0.0750. The van der Waals surface area contributed by atoms with Crippen molar-refractivity contribution in [2.75, 3.05) is 0 Å². The lowest BCUT2D eigenvalue weighted by molar-refractivity contribution is 0.826. The van der Waals surface area contributed by atoms with E-state index in [1.165, 1.54) is 70.2 Å². The molecule has 2 aromatic heterocycles. The Kier molecular flexibility index (Phi) is 5.88. The zero-order chi connectivity index (χ0) is 29.0. The van der Waals surface area contributed by atoms with Gasteiger partial charge in [-0.25, -0.2) is 4.99 Å². The van der Waals surface area contributed by atoms with Crippen LogP contribution in [0, 0.1) is 0 Å². The molecule has 0 saturated carbocycles. The number of nitrogens with zero attached hydrogens (tertiary/aromatic N) is 2. The summed E-state index contributed by atoms with van der Waals surface area (Å²) in [6, 6.07) is 43.8. The van der Waals surface area contributed by atoms with Gasteiger partial charge in [0.05, 0.1) is 11.6 Å². The van der Waals surface area contributed by atoms with Gasteiger partial charge in [0.1, 0.15) is 0 Å². The van der Waals surface area contributed by atoms with E-state index in [0.717, 1.165) is 18.8 Å². The molecule has 1 aliphatic heterocycles. The number of benzene rings is 5. The molecular formula is C40H29N3S. The molecule has 5 aromatic carbocycles. The van der Waals surface area contributed by atoms with Crippen LogP contribution in [0.15, 0.2) is 139 Å². The number of hydrogen-bond acceptors (Lipinski definition) is 3. The Morgan fingerprint density at radius 3 is 2.39 bits per heavy atom. The van der Waals surface area contributed by atoms with Crippen molar-refractivity contribution in [3.05, 3.63) is 156 Å². The first-order valence-corrected chi connectivity index (χ1v) is 16.0. The highest BCUT2D eigenvalue weighted by atomic mass is 32.1. The van der Waals surface area contributed by atoms with Crippen LogP contribution >= 0.6 is 11.3 Å². The summed E-state index contributed by atoms with van der Waals surface area (Å²) < 4.78 is 5.04. The van der Waals surface area contributed by atoms with Crippen molar-refractivity contribution in [3.63, 3.8) is 0 Å². The van der Waals surface area contributed by atoms with Gasteiger partial charge in [-0.1, -0.05) is 103 Å². The van der Waals surface area contributed by atoms with Crippen LogP contribution in [-0.4, -0.2) is 10.5 Å². The van der Waals surface area contributed by atoms with Gasteiger partial charge in [-0.3, -0.25) is 4.57 Å². The molecule has 0 fully saturated rings. The Bertz CT molecular complexity index is 2300. The van der Waals surface area contributed by atoms with Crippen molar-refractivity contribution in [3.8, 4) is 11.1 Å². The van der Waals surface area contributed by atoms with E-state index in [1.807, 2.05) is 17.5 Å². The summed E-state index contributed by atoms with van der Waals surface area (Å²) >= 11 is 1.89. The predicted octanol–water partition coefficient (Wildman–Crippen LogP) is 10.2. The zero-order valence-electron chi connectivity index (χ0n) is 24.1. The second kappa shape index (κ2) is 10.2. The number of rotatable bonds is 3. The van der Waals surface area contributed by atoms with Crippen LogP contribution < -0.4 is 5.32 Å². The fourth-order valence-electron chi connectivity index (χ4n) is 6.92. The van der Waals surface area contributed by atoms with Crippen molar-refractivity contribution in [1.82, 2.24) is 9.88 Å². The third kappa shape index (κ3) is 4.06. The van der Waals surface area contributed by atoms with Gasteiger partial charge in [0, 0.05) is 43.0 Å². The van der Waals surface area contributed by atoms with Gasteiger partial charge in [0.25, 0.3) is 0 Å². The quantitative estimate of drug-likeness (QED) is 0.220. The largest absolute Gasteiger partial charge is 0.332 e. The number of hydrogen-bond donors (Lipinski definition) is 1. The summed E-state index contributed by atoms with van der Waals surface area (Å²) in [5.41, 5.74) is 10.2. The van der Waals surface area contributed by atoms with Crippen LogP contribution in [0.3, 0.4) is 0 Å². The van der Waals surface area contributed by atoms with Crippen molar-refractivity contribution >= 4 is 60.0 Å². The highest BCUT2D eigenvalue weighted by Crippen LogP contribution is 2.43. The van der Waals surface area contributed by atoms with Crippen LogP contribution in [0.5, 0.6) is 0 Å². The third-order valence-corrected chi connectivity index (χ3v) is 10.2. The Morgan fingerprint density at radius 1 is 0.705 bits per heavy atom. The second-order valence-electron chi connectivity index (χ2n) is 11.6. The summed E-state index contributed by atoms with van der Waals surface area (Å²) in [6.07, 6.45) is 8.54. The van der Waals surface area contributed by atoms with E-state index in [0.29, 0.717) is 0 Å². The van der Waals surface area contributed by atoms with Gasteiger partial charge < -0.3 is 5.32 Å². The number of aromatic nitrogens is 1. The third-order valence-electron chi connectivity index (χ3n) is 9.02. The van der Waals surface area contributed by atoms with Crippen LogP contribution in [0.25, 0.3) is 53.9 Å². The molecule has 1 atom stereocenters. The zero-order valence-corrected chi connectivity index (χ0v) is 24.9. The average molecular weight is 584 g/mol. The van der Waals surface area contributed by atoms with Crippen LogP contribution in [0.4, 0.5) is 0 Å². The van der Waals surface area contributed by atoms with E-state index in [9.17, 15) is 0 Å². The van der Waals surface area contributed by atoms with Gasteiger partial charge in [0.2, 0.25) is 5.96 Å². The molecule has 3 nitrogen and oxygen atoms in total. The molecule has 0 radical (unpaired) electrons. The van der Waals surface area contributed by atoms with E-state index in [1.54, 1.807) is 0 Å². The lowest BCUT2D eigenvalue weighted by Gasteiger charge is -2.22. The van der Waals surface area contributed by atoms with Gasteiger partial charge in [-0.2, -0.15) is 0 Å². The summed E-state index contributed by atoms with van der Waals surface area (Å²) in [4.78, 5) is 5.24. The van der Waals surface area contributed by atoms with Crippen molar-refractivity contribution < 1.29 is 0 Å². The van der Waals surface area contributed by atoms with E-state index in [2.05, 4.69) is 143 Å². The van der Waals surface area contributed by atoms with E-state index >= 15 is 0 Å². The highest BCUT2D eigenvalue weighted by molar-refractivity contribution is 7.26. The van der Waals surface area contributed by atoms with E-state index in [-0.39, 0.29) is 6.04 Å². The van der Waals surface area contributed by atoms with Crippen LogP contribution in [-0.2, 0) is 6.42 Å². The Labute approximate surface area is 260 Å². The molecule has 1 N–H and O–H groups in total. The highest BCUT2D eigenvalue weighted by Gasteiger charge is 2.25. The van der Waals surface area contributed by atoms with Gasteiger partial charge in [-0.05, 0) is 71.0 Å². The Morgan fingerprint density at radius 2 is 1.50 bits per heavy atom. The van der Waals surface area contributed by atoms with Gasteiger partial charge in [-0.15, -0.1) is 11.3 Å². The molecule has 0 amide bonds. The molecule has 0 spiro atoms. The van der Waals surface area contributed by atoms with E-state index in [4.69, 9.17) is 4.99 Å². The van der Waals surface area contributed by atoms with Gasteiger partial charge >= 0.3 is 0 Å². The molecule has 44 heavy (non-hydrogen) atoms. The molecular weight excluding hydrogens is 555 g/mol. The summed E-state index contributed by atoms with van der Waals surface area (Å²) in [5, 5.41) is 7.43. The fourth-order valence-corrected chi connectivity index (χ4v) is 8.16. The maximum Gasteiger partial charge on any atom is 0.207 e. The first-order valence-electron chi connectivity index (χ1n) is 15.2. The minimum atomic E-state index is -0.0237. The van der Waals surface area contributed by atoms with Crippen LogP contribution in [0.2, 0.25) is 0 Å². The SMILES string of the molecule is C1=CC(c2ccccc2)N=C(n2c3c(c4cc(-c5cccc6c5sc5ccccc56)ccc42)C=C(c2ccccc2)CC3)N1. The average Bonchev–Trinajstić information content (AvgIpc) is 3.64. The normalized spacial score (nSPS) is 16.1. The number of aliphatic imine (C=N–C) groups is 1. The minimum Gasteiger partial charge on any atom is -0.332 e. The number of fused-ring (bicyclic) bond motifs is 6. The maximum absolute atomic E-state index is 5.24. The van der Waals surface area contributed by atoms with Crippen molar-refractivity contribution in [1.29, 1.82) is 0 Å². The smallest absolute Gasteiger partial charge is 0.207 e. The molecule has 210 valence electrons. The molecule has 4 heteroatoms. The topological polar surface area (TPSA) is 29.3 Å². The number of nitrogens with one attached hydrogen (secondary N) is 1. The second-order valence-corrected chi connectivity index (χ2v) is 12.6. The van der Waals surface area contributed by atoms with E-state index < -0.39 is 0 Å². The minimum absolute atomic E-state index is 0.0237. The molecule has 1 unspecified atom stereocenters. The first-order chi connectivity index (χ1) is 21.8. The molecule has 0 bridgehead atoms. The summed E-state index contributed by atoms with van der Waals surface area (Å²) in [7, 11) is 0. The van der Waals surface area contributed by atoms with Crippen LogP contribution in [0.1, 0.15) is 34.8 Å². The standard InChI is InChI=1S/C40H29N3S/c1-3-10-26(11-4-1)28-18-20-36-33(24-28)34-25-29(30-15-9-16-32-31-14-7-8-17-38(31)44-39(30)32)19-21-37(34)43(36)40-41-23-22-35(42-40)27-12-5-2-6-13-27/h1-17,19,21-25,35H,18,20H2,(H,41,42). The molecule has 1 aliphatic carbocycles. The maximum atomic E-state index is 5.24. The van der Waals surface area contributed by atoms with Crippen molar-refractivity contribution in [2.24, 2.45) is 4.99 Å². The lowest BCUT2D eigenvalue weighted by atomic mass is 9.91. The monoisotopic (exact) mass is 583 g/mol.